The molecule has 0 saturated carbocycles. The van der Waals surface area contributed by atoms with E-state index in [-0.39, 0.29) is 16.5 Å². The molecule has 2 aromatic rings. The lowest BCUT2D eigenvalue weighted by atomic mass is 10.0. The maximum absolute atomic E-state index is 12.9. The highest BCUT2D eigenvalue weighted by atomic mass is 32.2. The number of aromatic nitrogens is 1. The number of thiazole rings is 1. The average molecular weight is 414 g/mol. The average Bonchev–Trinajstić information content (AvgIpc) is 2.99. The van der Waals surface area contributed by atoms with E-state index in [9.17, 15) is 18.5 Å². The van der Waals surface area contributed by atoms with Crippen molar-refractivity contribution in [2.24, 2.45) is 5.92 Å². The second-order valence-corrected chi connectivity index (χ2v) is 10.4. The van der Waals surface area contributed by atoms with E-state index in [1.807, 2.05) is 19.2 Å². The van der Waals surface area contributed by atoms with Crippen molar-refractivity contribution < 1.29 is 13.3 Å². The number of nitro groups is 1. The van der Waals surface area contributed by atoms with Crippen LogP contribution < -0.4 is 0 Å². The van der Waals surface area contributed by atoms with Crippen LogP contribution in [0.15, 0.2) is 37.7 Å². The summed E-state index contributed by atoms with van der Waals surface area (Å²) in [5, 5.41) is 13.4. The quantitative estimate of drug-likeness (QED) is 0.544. The fourth-order valence-electron chi connectivity index (χ4n) is 2.87. The van der Waals surface area contributed by atoms with Gasteiger partial charge in [0.25, 0.3) is 5.69 Å². The van der Waals surface area contributed by atoms with E-state index in [0.29, 0.717) is 22.3 Å². The first-order valence-electron chi connectivity index (χ1n) is 8.16. The molecule has 1 aromatic heterocycles. The summed E-state index contributed by atoms with van der Waals surface area (Å²) < 4.78 is 27.8. The molecular formula is C16H19N3O4S3. The molecule has 1 fully saturated rings. The van der Waals surface area contributed by atoms with E-state index in [0.717, 1.165) is 24.6 Å². The van der Waals surface area contributed by atoms with Gasteiger partial charge in [-0.1, -0.05) is 18.7 Å². The number of sulfonamides is 1. The van der Waals surface area contributed by atoms with E-state index in [4.69, 9.17) is 0 Å². The van der Waals surface area contributed by atoms with Gasteiger partial charge in [0.1, 0.15) is 0 Å². The maximum Gasteiger partial charge on any atom is 0.284 e. The van der Waals surface area contributed by atoms with E-state index in [1.165, 1.54) is 39.5 Å². The Morgan fingerprint density at radius 3 is 2.81 bits per heavy atom. The van der Waals surface area contributed by atoms with Crippen LogP contribution in [0.4, 0.5) is 5.69 Å². The molecule has 0 spiro atoms. The molecule has 0 bridgehead atoms. The Kier molecular flexibility index (Phi) is 5.66. The van der Waals surface area contributed by atoms with Crippen molar-refractivity contribution in [3.63, 3.8) is 0 Å². The number of nitro benzene ring substituents is 1. The van der Waals surface area contributed by atoms with E-state index < -0.39 is 14.9 Å². The minimum atomic E-state index is -3.73. The van der Waals surface area contributed by atoms with Gasteiger partial charge >= 0.3 is 0 Å². The fourth-order valence-corrected chi connectivity index (χ4v) is 6.37. The molecule has 0 radical (unpaired) electrons. The lowest BCUT2D eigenvalue weighted by Crippen LogP contribution is -2.39. The third-order valence-corrected chi connectivity index (χ3v) is 8.16. The lowest BCUT2D eigenvalue weighted by Gasteiger charge is -2.30. The summed E-state index contributed by atoms with van der Waals surface area (Å²) in [5.74, 6) is 0.288. The van der Waals surface area contributed by atoms with Gasteiger partial charge in [0.2, 0.25) is 10.0 Å². The summed E-state index contributed by atoms with van der Waals surface area (Å²) in [5.41, 5.74) is 0.632. The minimum Gasteiger partial charge on any atom is -0.258 e. The second-order valence-electron chi connectivity index (χ2n) is 6.35. The Morgan fingerprint density at radius 1 is 1.42 bits per heavy atom. The van der Waals surface area contributed by atoms with Gasteiger partial charge in [0.15, 0.2) is 4.34 Å². The van der Waals surface area contributed by atoms with Crippen molar-refractivity contribution in [2.45, 2.75) is 40.8 Å². The van der Waals surface area contributed by atoms with Crippen molar-refractivity contribution in [3.05, 3.63) is 39.4 Å². The summed E-state index contributed by atoms with van der Waals surface area (Å²) in [6.45, 7) is 4.77. The predicted octanol–water partition coefficient (Wildman–Crippen LogP) is 3.93. The molecule has 0 unspecified atom stereocenters. The van der Waals surface area contributed by atoms with Gasteiger partial charge in [-0.3, -0.25) is 10.1 Å². The first-order valence-corrected chi connectivity index (χ1v) is 11.3. The van der Waals surface area contributed by atoms with Crippen LogP contribution >= 0.6 is 23.1 Å². The van der Waals surface area contributed by atoms with Crippen LogP contribution in [-0.4, -0.2) is 35.7 Å². The van der Waals surface area contributed by atoms with Gasteiger partial charge < -0.3 is 0 Å². The summed E-state index contributed by atoms with van der Waals surface area (Å²) in [6, 6.07) is 4.11. The SMILES string of the molecule is Cc1csc(Sc2ccc(S(=O)(=O)N3CCC[C@@H](C)C3)cc2[N+](=O)[O-])n1. The number of nitrogens with zero attached hydrogens (tertiary/aromatic N) is 3. The smallest absolute Gasteiger partial charge is 0.258 e. The van der Waals surface area contributed by atoms with Gasteiger partial charge in [-0.25, -0.2) is 13.4 Å². The monoisotopic (exact) mass is 413 g/mol. The molecule has 0 aliphatic carbocycles. The van der Waals surface area contributed by atoms with Crippen LogP contribution in [0.1, 0.15) is 25.5 Å². The van der Waals surface area contributed by atoms with E-state index in [1.54, 1.807) is 0 Å². The molecule has 1 saturated heterocycles. The van der Waals surface area contributed by atoms with Crippen LogP contribution in [-0.2, 0) is 10.0 Å². The lowest BCUT2D eigenvalue weighted by molar-refractivity contribution is -0.388. The summed E-state index contributed by atoms with van der Waals surface area (Å²) in [4.78, 5) is 15.6. The Morgan fingerprint density at radius 2 is 2.19 bits per heavy atom. The zero-order valence-electron chi connectivity index (χ0n) is 14.4. The molecule has 26 heavy (non-hydrogen) atoms. The normalized spacial score (nSPS) is 18.8. The maximum atomic E-state index is 12.9. The topological polar surface area (TPSA) is 93.4 Å². The highest BCUT2D eigenvalue weighted by Gasteiger charge is 2.30. The second kappa shape index (κ2) is 7.63. The van der Waals surface area contributed by atoms with Gasteiger partial charge in [0, 0.05) is 30.2 Å². The fraction of sp³-hybridized carbons (Fsp3) is 0.438. The third kappa shape index (κ3) is 4.08. The van der Waals surface area contributed by atoms with Crippen molar-refractivity contribution in [2.75, 3.05) is 13.1 Å². The van der Waals surface area contributed by atoms with Crippen LogP contribution in [0.25, 0.3) is 0 Å². The van der Waals surface area contributed by atoms with Gasteiger partial charge in [-0.05, 0) is 37.8 Å². The van der Waals surface area contributed by atoms with Crippen molar-refractivity contribution in [1.29, 1.82) is 0 Å². The van der Waals surface area contributed by atoms with Crippen molar-refractivity contribution >= 4 is 38.8 Å². The van der Waals surface area contributed by atoms with Gasteiger partial charge in [0.05, 0.1) is 14.7 Å². The van der Waals surface area contributed by atoms with Gasteiger partial charge in [-0.15, -0.1) is 11.3 Å². The molecule has 0 N–H and O–H groups in total. The van der Waals surface area contributed by atoms with Crippen molar-refractivity contribution in [1.82, 2.24) is 9.29 Å². The molecule has 1 aromatic carbocycles. The van der Waals surface area contributed by atoms with E-state index >= 15 is 0 Å². The number of benzene rings is 1. The van der Waals surface area contributed by atoms with E-state index in [2.05, 4.69) is 4.98 Å². The molecule has 140 valence electrons. The van der Waals surface area contributed by atoms with Crippen LogP contribution in [0, 0.1) is 23.0 Å². The molecule has 3 rings (SSSR count). The van der Waals surface area contributed by atoms with Crippen LogP contribution in [0.5, 0.6) is 0 Å². The largest absolute Gasteiger partial charge is 0.284 e. The predicted molar refractivity (Wildman–Crippen MR) is 101 cm³/mol. The molecule has 1 aliphatic heterocycles. The summed E-state index contributed by atoms with van der Waals surface area (Å²) >= 11 is 2.58. The Bertz CT molecular complexity index is 927. The van der Waals surface area contributed by atoms with Crippen molar-refractivity contribution in [3.8, 4) is 0 Å². The highest BCUT2D eigenvalue weighted by Crippen LogP contribution is 2.38. The zero-order valence-corrected chi connectivity index (χ0v) is 16.9. The Balaban J connectivity index is 1.94. The molecule has 7 nitrogen and oxygen atoms in total. The van der Waals surface area contributed by atoms with Crippen LogP contribution in [0.2, 0.25) is 0 Å². The number of piperidine rings is 1. The Hall–Kier alpha value is -1.49. The molecule has 1 atom stereocenters. The first kappa shape index (κ1) is 19.3. The third-order valence-electron chi connectivity index (χ3n) is 4.18. The number of rotatable bonds is 5. The zero-order chi connectivity index (χ0) is 18.9. The van der Waals surface area contributed by atoms with Gasteiger partial charge in [-0.2, -0.15) is 4.31 Å². The highest BCUT2D eigenvalue weighted by molar-refractivity contribution is 8.01. The molecular weight excluding hydrogens is 394 g/mol. The summed E-state index contributed by atoms with van der Waals surface area (Å²) in [7, 11) is -3.73. The number of hydrogen-bond donors (Lipinski definition) is 0. The standard InChI is InChI=1S/C16H19N3O4S3/c1-11-4-3-7-18(9-11)26(22,23)13-5-6-15(14(8-13)19(20)21)25-16-17-12(2)10-24-16/h5-6,8,10-11H,3-4,7,9H2,1-2H3/t11-/m1/s1. The molecule has 2 heterocycles. The molecule has 0 amide bonds. The number of hydrogen-bond acceptors (Lipinski definition) is 7. The minimum absolute atomic E-state index is 0.0297. The molecule has 1 aliphatic rings. The first-order chi connectivity index (χ1) is 12.3. The Labute approximate surface area is 160 Å². The molecule has 10 heteroatoms. The number of aryl methyl sites for hydroxylation is 1. The summed E-state index contributed by atoms with van der Waals surface area (Å²) in [6.07, 6.45) is 1.80. The van der Waals surface area contributed by atoms with Crippen LogP contribution in [0.3, 0.4) is 0 Å².